The number of thioether (sulfide) groups is 1. The lowest BCUT2D eigenvalue weighted by atomic mass is 10.1. The number of carbonyl (C=O) groups is 2. The largest absolute Gasteiger partial charge is 0.465 e. The summed E-state index contributed by atoms with van der Waals surface area (Å²) in [6.45, 7) is 1.77. The van der Waals surface area contributed by atoms with Gasteiger partial charge in [-0.15, -0.1) is 11.8 Å². The first-order chi connectivity index (χ1) is 11.9. The molecule has 1 N–H and O–H groups in total. The van der Waals surface area contributed by atoms with E-state index in [1.807, 2.05) is 0 Å². The van der Waals surface area contributed by atoms with Crippen molar-refractivity contribution in [2.24, 2.45) is 0 Å². The van der Waals surface area contributed by atoms with E-state index in [1.165, 1.54) is 43.1 Å². The lowest BCUT2D eigenvalue weighted by Crippen LogP contribution is -2.14. The fourth-order valence-corrected chi connectivity index (χ4v) is 2.72. The van der Waals surface area contributed by atoms with Crippen LogP contribution in [0.1, 0.15) is 26.3 Å². The summed E-state index contributed by atoms with van der Waals surface area (Å²) >= 11 is 1.23. The Balaban J connectivity index is 2.32. The molecule has 0 saturated carbocycles. The summed E-state index contributed by atoms with van der Waals surface area (Å²) in [7, 11) is 1.27. The Hall–Kier alpha value is -2.87. The van der Waals surface area contributed by atoms with Crippen molar-refractivity contribution in [2.75, 3.05) is 18.7 Å². The Morgan fingerprint density at radius 1 is 1.16 bits per heavy atom. The van der Waals surface area contributed by atoms with Gasteiger partial charge in [-0.3, -0.25) is 14.9 Å². The van der Waals surface area contributed by atoms with Gasteiger partial charge in [0, 0.05) is 17.3 Å². The van der Waals surface area contributed by atoms with Gasteiger partial charge < -0.3 is 10.1 Å². The summed E-state index contributed by atoms with van der Waals surface area (Å²) in [5.41, 5.74) is 1.51. The first kappa shape index (κ1) is 18.5. The molecule has 7 nitrogen and oxygen atoms in total. The van der Waals surface area contributed by atoms with E-state index in [4.69, 9.17) is 0 Å². The standard InChI is InChI=1S/C17H16N2O5S/c1-10-4-5-12(17(21)24-2)8-13(10)18-16(20)11-6-7-15(25-3)14(9-11)19(22)23/h4-9H,1-3H3,(H,18,20). The highest BCUT2D eigenvalue weighted by Crippen LogP contribution is 2.28. The van der Waals surface area contributed by atoms with E-state index in [-0.39, 0.29) is 11.3 Å². The molecule has 0 aliphatic rings. The molecule has 25 heavy (non-hydrogen) atoms. The van der Waals surface area contributed by atoms with Crippen LogP contribution in [-0.2, 0) is 4.74 Å². The number of nitrogens with zero attached hydrogens (tertiary/aromatic N) is 1. The predicted octanol–water partition coefficient (Wildman–Crippen LogP) is 3.66. The van der Waals surface area contributed by atoms with E-state index >= 15 is 0 Å². The minimum atomic E-state index is -0.522. The number of carbonyl (C=O) groups excluding carboxylic acids is 2. The third-order valence-electron chi connectivity index (χ3n) is 3.54. The minimum Gasteiger partial charge on any atom is -0.465 e. The molecule has 0 unspecified atom stereocenters. The van der Waals surface area contributed by atoms with Crippen molar-refractivity contribution in [3.8, 4) is 0 Å². The molecule has 0 fully saturated rings. The summed E-state index contributed by atoms with van der Waals surface area (Å²) in [6.07, 6.45) is 1.73. The lowest BCUT2D eigenvalue weighted by Gasteiger charge is -2.10. The van der Waals surface area contributed by atoms with Crippen LogP contribution in [0.5, 0.6) is 0 Å². The third kappa shape index (κ3) is 4.16. The van der Waals surface area contributed by atoms with Crippen molar-refractivity contribution < 1.29 is 19.2 Å². The summed E-state index contributed by atoms with van der Waals surface area (Å²) in [5.74, 6) is -1.02. The van der Waals surface area contributed by atoms with Crippen LogP contribution in [0.15, 0.2) is 41.3 Å². The smallest absolute Gasteiger partial charge is 0.337 e. The topological polar surface area (TPSA) is 98.5 Å². The average molecular weight is 360 g/mol. The second-order valence-corrected chi connectivity index (χ2v) is 5.97. The third-order valence-corrected chi connectivity index (χ3v) is 4.33. The zero-order valence-electron chi connectivity index (χ0n) is 13.9. The van der Waals surface area contributed by atoms with Crippen LogP contribution in [0.4, 0.5) is 11.4 Å². The number of nitro groups is 1. The zero-order valence-corrected chi connectivity index (χ0v) is 14.7. The van der Waals surface area contributed by atoms with E-state index in [9.17, 15) is 19.7 Å². The van der Waals surface area contributed by atoms with E-state index in [1.54, 1.807) is 25.3 Å². The first-order valence-corrected chi connectivity index (χ1v) is 8.42. The number of aryl methyl sites for hydroxylation is 1. The van der Waals surface area contributed by atoms with Crippen LogP contribution >= 0.6 is 11.8 Å². The summed E-state index contributed by atoms with van der Waals surface area (Å²) in [4.78, 5) is 35.1. The summed E-state index contributed by atoms with van der Waals surface area (Å²) in [6, 6.07) is 9.07. The number of methoxy groups -OCH3 is 1. The maximum absolute atomic E-state index is 12.4. The number of benzene rings is 2. The van der Waals surface area contributed by atoms with Gasteiger partial charge in [-0.2, -0.15) is 0 Å². The van der Waals surface area contributed by atoms with Crippen molar-refractivity contribution in [3.63, 3.8) is 0 Å². The molecular formula is C17H16N2O5S. The highest BCUT2D eigenvalue weighted by molar-refractivity contribution is 7.98. The molecule has 0 spiro atoms. The van der Waals surface area contributed by atoms with E-state index in [2.05, 4.69) is 10.1 Å². The van der Waals surface area contributed by atoms with Crippen LogP contribution in [0.25, 0.3) is 0 Å². The van der Waals surface area contributed by atoms with Gasteiger partial charge in [-0.25, -0.2) is 4.79 Å². The number of nitrogens with one attached hydrogen (secondary N) is 1. The SMILES string of the molecule is COC(=O)c1ccc(C)c(NC(=O)c2ccc(SC)c([N+](=O)[O-])c2)c1. The Kier molecular flexibility index (Phi) is 5.76. The Morgan fingerprint density at radius 2 is 1.84 bits per heavy atom. The molecule has 0 heterocycles. The normalized spacial score (nSPS) is 10.2. The van der Waals surface area contributed by atoms with Gasteiger partial charge in [0.05, 0.1) is 22.5 Å². The number of anilines is 1. The molecule has 0 radical (unpaired) electrons. The molecule has 2 aromatic carbocycles. The molecule has 0 atom stereocenters. The number of hydrogen-bond acceptors (Lipinski definition) is 6. The molecule has 130 valence electrons. The van der Waals surface area contributed by atoms with Crippen molar-refractivity contribution in [2.45, 2.75) is 11.8 Å². The van der Waals surface area contributed by atoms with Crippen LogP contribution in [0.3, 0.4) is 0 Å². The number of esters is 1. The molecule has 0 bridgehead atoms. The Labute approximate surface area is 148 Å². The van der Waals surface area contributed by atoms with Gasteiger partial charge in [-0.05, 0) is 43.0 Å². The van der Waals surface area contributed by atoms with E-state index < -0.39 is 16.8 Å². The fourth-order valence-electron chi connectivity index (χ4n) is 2.17. The number of ether oxygens (including phenoxy) is 1. The number of rotatable bonds is 5. The Bertz CT molecular complexity index is 851. The highest BCUT2D eigenvalue weighted by Gasteiger charge is 2.18. The fraction of sp³-hybridized carbons (Fsp3) is 0.176. The van der Waals surface area contributed by atoms with Crippen molar-refractivity contribution in [3.05, 3.63) is 63.2 Å². The molecule has 0 saturated heterocycles. The number of nitro benzene ring substituents is 1. The molecule has 8 heteroatoms. The van der Waals surface area contributed by atoms with Crippen molar-refractivity contribution in [1.29, 1.82) is 0 Å². The monoisotopic (exact) mass is 360 g/mol. The second kappa shape index (κ2) is 7.80. The van der Waals surface area contributed by atoms with E-state index in [0.717, 1.165) is 5.56 Å². The molecular weight excluding hydrogens is 344 g/mol. The minimum absolute atomic E-state index is 0.125. The zero-order chi connectivity index (χ0) is 18.6. The van der Waals surface area contributed by atoms with Crippen LogP contribution in [-0.4, -0.2) is 30.2 Å². The molecule has 2 rings (SSSR count). The maximum Gasteiger partial charge on any atom is 0.337 e. The molecule has 2 aromatic rings. The van der Waals surface area contributed by atoms with Crippen LogP contribution in [0, 0.1) is 17.0 Å². The van der Waals surface area contributed by atoms with Crippen molar-refractivity contribution >= 4 is 35.0 Å². The molecule has 0 aliphatic carbocycles. The first-order valence-electron chi connectivity index (χ1n) is 7.20. The quantitative estimate of drug-likeness (QED) is 0.378. The van der Waals surface area contributed by atoms with Gasteiger partial charge in [0.25, 0.3) is 11.6 Å². The van der Waals surface area contributed by atoms with Gasteiger partial charge in [0.15, 0.2) is 0 Å². The predicted molar refractivity (Wildman–Crippen MR) is 95.3 cm³/mol. The van der Waals surface area contributed by atoms with Gasteiger partial charge in [0.1, 0.15) is 0 Å². The van der Waals surface area contributed by atoms with Crippen molar-refractivity contribution in [1.82, 2.24) is 0 Å². The maximum atomic E-state index is 12.4. The molecule has 1 amide bonds. The van der Waals surface area contributed by atoms with Crippen LogP contribution < -0.4 is 5.32 Å². The number of hydrogen-bond donors (Lipinski definition) is 1. The summed E-state index contributed by atoms with van der Waals surface area (Å²) in [5, 5.41) is 13.8. The van der Waals surface area contributed by atoms with Gasteiger partial charge in [-0.1, -0.05) is 6.07 Å². The highest BCUT2D eigenvalue weighted by atomic mass is 32.2. The lowest BCUT2D eigenvalue weighted by molar-refractivity contribution is -0.387. The van der Waals surface area contributed by atoms with Gasteiger partial charge in [0.2, 0.25) is 0 Å². The molecule has 0 aromatic heterocycles. The van der Waals surface area contributed by atoms with E-state index in [0.29, 0.717) is 16.1 Å². The Morgan fingerprint density at radius 3 is 2.44 bits per heavy atom. The van der Waals surface area contributed by atoms with Crippen LogP contribution in [0.2, 0.25) is 0 Å². The van der Waals surface area contributed by atoms with Gasteiger partial charge >= 0.3 is 5.97 Å². The average Bonchev–Trinajstić information content (AvgIpc) is 2.62. The number of amides is 1. The summed E-state index contributed by atoms with van der Waals surface area (Å²) < 4.78 is 4.66. The second-order valence-electron chi connectivity index (χ2n) is 5.12. The molecule has 0 aliphatic heterocycles.